The van der Waals surface area contributed by atoms with Crippen LogP contribution in [0.2, 0.25) is 0 Å². The van der Waals surface area contributed by atoms with E-state index in [-0.39, 0.29) is 0 Å². The smallest absolute Gasteiger partial charge is 0.160 e. The number of nitrogens with zero attached hydrogens (tertiary/aromatic N) is 6. The molecule has 0 N–H and O–H groups in total. The number of fused-ring (bicyclic) bond motifs is 18. The standard InChI is InChI=1S/2C63H39N3/c1-3-17-40(18-4-1)60-39-61(66-63(65-60)43-19-5-2-6-20-43)42-33-31-41(32-34-42)59-38-57(55-36-45-22-8-10-24-47(45)49-26-12-14-28-51(49)55)58-37-56(52-29-15-16-30-53(52)62(58)64-59)54-35-44-21-7-9-23-46(44)48-25-11-13-27-50(48)54;1-3-17-40(18-4-1)60-39-61(41-19-5-2-6-20-41)66-63(65-60)43-33-31-42(32-34-43)59-38-57(55-36-45-22-8-10-24-47(45)49-26-12-14-28-51(49)55)58-37-56(52-29-15-16-30-53(52)62(58)64-59)54-35-44-21-7-9-23-46(44)48-25-11-13-27-50(48)54/h2*1-39H. The van der Waals surface area contributed by atoms with Gasteiger partial charge in [0.15, 0.2) is 11.6 Å². The molecule has 0 aliphatic carbocycles. The van der Waals surface area contributed by atoms with Crippen LogP contribution in [0.5, 0.6) is 0 Å². The average molecular weight is 1680 g/mol. The van der Waals surface area contributed by atoms with Crippen molar-refractivity contribution < 1.29 is 0 Å². The minimum absolute atomic E-state index is 0.677. The van der Waals surface area contributed by atoms with Crippen molar-refractivity contribution in [2.45, 2.75) is 0 Å². The fourth-order valence-electron chi connectivity index (χ4n) is 20.2. The zero-order valence-corrected chi connectivity index (χ0v) is 71.7. The van der Waals surface area contributed by atoms with Gasteiger partial charge in [0.05, 0.1) is 45.2 Å². The van der Waals surface area contributed by atoms with Gasteiger partial charge in [0.1, 0.15) is 0 Å². The van der Waals surface area contributed by atoms with Crippen molar-refractivity contribution in [2.75, 3.05) is 0 Å². The Morgan fingerprint density at radius 3 is 0.568 bits per heavy atom. The normalized spacial score (nSPS) is 11.6. The molecular formula is C126H78N6. The van der Waals surface area contributed by atoms with E-state index in [1.54, 1.807) is 0 Å². The maximum Gasteiger partial charge on any atom is 0.160 e. The second-order valence-electron chi connectivity index (χ2n) is 34.1. The Kier molecular flexibility index (Phi) is 18.8. The molecule has 0 aliphatic rings. The van der Waals surface area contributed by atoms with E-state index in [1.165, 1.54) is 130 Å². The lowest BCUT2D eigenvalue weighted by Crippen LogP contribution is -1.96. The summed E-state index contributed by atoms with van der Waals surface area (Å²) in [5, 5.41) is 26.5. The molecule has 6 heteroatoms. The summed E-state index contributed by atoms with van der Waals surface area (Å²) < 4.78 is 0. The molecule has 0 amide bonds. The predicted octanol–water partition coefficient (Wildman–Crippen LogP) is 33.6. The monoisotopic (exact) mass is 1670 g/mol. The van der Waals surface area contributed by atoms with Crippen molar-refractivity contribution in [1.82, 2.24) is 29.9 Å². The first-order valence-corrected chi connectivity index (χ1v) is 45.0. The van der Waals surface area contributed by atoms with Crippen LogP contribution in [0.15, 0.2) is 473 Å². The van der Waals surface area contributed by atoms with Gasteiger partial charge in [-0.1, -0.05) is 413 Å². The number of pyridine rings is 2. The van der Waals surface area contributed by atoms with Crippen LogP contribution in [0.25, 0.3) is 264 Å². The summed E-state index contributed by atoms with van der Waals surface area (Å²) in [5.41, 5.74) is 24.9. The molecule has 0 fully saturated rings. The number of rotatable bonds is 12. The van der Waals surface area contributed by atoms with Crippen LogP contribution in [0.3, 0.4) is 0 Å². The van der Waals surface area contributed by atoms with Gasteiger partial charge in [-0.05, 0) is 202 Å². The maximum atomic E-state index is 5.63. The Morgan fingerprint density at radius 1 is 0.106 bits per heavy atom. The summed E-state index contributed by atoms with van der Waals surface area (Å²) in [6, 6.07) is 170. The highest BCUT2D eigenvalue weighted by Crippen LogP contribution is 2.50. The third kappa shape index (κ3) is 13.6. The van der Waals surface area contributed by atoms with Gasteiger partial charge in [0.25, 0.3) is 0 Å². The fraction of sp³-hybridized carbons (Fsp3) is 0. The van der Waals surface area contributed by atoms with E-state index in [1.807, 2.05) is 36.4 Å². The van der Waals surface area contributed by atoms with E-state index in [9.17, 15) is 0 Å². The molecule has 0 spiro atoms. The van der Waals surface area contributed by atoms with Crippen molar-refractivity contribution in [2.24, 2.45) is 0 Å². The van der Waals surface area contributed by atoms with E-state index in [4.69, 9.17) is 29.9 Å². The molecular weight excluding hydrogens is 1600 g/mol. The molecule has 0 radical (unpaired) electrons. The molecule has 0 saturated heterocycles. The molecule has 22 aromatic carbocycles. The van der Waals surface area contributed by atoms with Crippen molar-refractivity contribution in [3.05, 3.63) is 473 Å². The van der Waals surface area contributed by atoms with Crippen molar-refractivity contribution in [3.63, 3.8) is 0 Å². The van der Waals surface area contributed by atoms with Gasteiger partial charge in [0, 0.05) is 66.1 Å². The number of hydrogen-bond donors (Lipinski definition) is 0. The average Bonchev–Trinajstić information content (AvgIpc) is 0.723. The Morgan fingerprint density at radius 2 is 0.288 bits per heavy atom. The second-order valence-corrected chi connectivity index (χ2v) is 34.1. The van der Waals surface area contributed by atoms with Crippen LogP contribution in [-0.4, -0.2) is 29.9 Å². The first kappa shape index (κ1) is 76.8. The van der Waals surface area contributed by atoms with E-state index < -0.39 is 0 Å². The van der Waals surface area contributed by atoms with Gasteiger partial charge < -0.3 is 0 Å². The summed E-state index contributed by atoms with van der Waals surface area (Å²) in [6.07, 6.45) is 0. The van der Waals surface area contributed by atoms with Crippen molar-refractivity contribution in [1.29, 1.82) is 0 Å². The molecule has 6 nitrogen and oxygen atoms in total. The van der Waals surface area contributed by atoms with Crippen molar-refractivity contribution in [3.8, 4) is 135 Å². The topological polar surface area (TPSA) is 77.3 Å². The van der Waals surface area contributed by atoms with Crippen LogP contribution >= 0.6 is 0 Å². The number of hydrogen-bond acceptors (Lipinski definition) is 6. The zero-order valence-electron chi connectivity index (χ0n) is 71.7. The van der Waals surface area contributed by atoms with Gasteiger partial charge in [0.2, 0.25) is 0 Å². The lowest BCUT2D eigenvalue weighted by molar-refractivity contribution is 1.18. The highest BCUT2D eigenvalue weighted by Gasteiger charge is 2.25. The van der Waals surface area contributed by atoms with E-state index in [0.717, 1.165) is 122 Å². The highest BCUT2D eigenvalue weighted by molar-refractivity contribution is 6.26. The summed E-state index contributed by atoms with van der Waals surface area (Å²) in [6.45, 7) is 0. The Bertz CT molecular complexity index is 8470. The molecule has 0 unspecified atom stereocenters. The molecule has 4 aromatic heterocycles. The third-order valence-electron chi connectivity index (χ3n) is 26.5. The zero-order chi connectivity index (χ0) is 87.1. The molecule has 0 atom stereocenters. The van der Waals surface area contributed by atoms with Crippen LogP contribution < -0.4 is 0 Å². The van der Waals surface area contributed by atoms with Gasteiger partial charge in [-0.25, -0.2) is 29.9 Å². The largest absolute Gasteiger partial charge is 0.247 e. The summed E-state index contributed by atoms with van der Waals surface area (Å²) in [5.74, 6) is 1.37. The molecule has 4 heterocycles. The molecule has 26 aromatic rings. The Hall–Kier alpha value is -17.6. The lowest BCUT2D eigenvalue weighted by Gasteiger charge is -2.19. The Balaban J connectivity index is 0.000000142. The predicted molar refractivity (Wildman–Crippen MR) is 555 cm³/mol. The number of aromatic nitrogens is 6. The summed E-state index contributed by atoms with van der Waals surface area (Å²) in [7, 11) is 0. The molecule has 612 valence electrons. The molecule has 26 rings (SSSR count). The van der Waals surface area contributed by atoms with Crippen LogP contribution in [0, 0.1) is 0 Å². The minimum atomic E-state index is 0.677. The first-order chi connectivity index (χ1) is 65.4. The van der Waals surface area contributed by atoms with Gasteiger partial charge in [-0.15, -0.1) is 0 Å². The Labute approximate surface area is 762 Å². The van der Waals surface area contributed by atoms with Gasteiger partial charge in [-0.2, -0.15) is 0 Å². The SMILES string of the molecule is c1ccc(-c2cc(-c3ccc(-c4cc(-c5cc6ccccc6c6ccccc56)c5cc(-c6cc7ccccc7c7ccccc67)c6ccccc6c5n4)cc3)nc(-c3ccccc3)n2)cc1.c1ccc(-c2cc(-c3ccccc3)nc(-c3ccc(-c4cc(-c5cc6ccccc6c6ccccc56)c5cc(-c6cc7ccccc7c7ccccc67)c6ccccc6c5n4)cc3)n2)cc1. The van der Waals surface area contributed by atoms with E-state index in [2.05, 4.69) is 437 Å². The van der Waals surface area contributed by atoms with Crippen LogP contribution in [0.1, 0.15) is 0 Å². The second kappa shape index (κ2) is 32.4. The number of benzene rings is 22. The van der Waals surface area contributed by atoms with E-state index >= 15 is 0 Å². The lowest BCUT2D eigenvalue weighted by atomic mass is 9.86. The highest BCUT2D eigenvalue weighted by atomic mass is 14.9. The van der Waals surface area contributed by atoms with Crippen molar-refractivity contribution >= 4 is 130 Å². The van der Waals surface area contributed by atoms with Crippen LogP contribution in [0.4, 0.5) is 0 Å². The van der Waals surface area contributed by atoms with E-state index in [0.29, 0.717) is 11.6 Å². The molecule has 0 aliphatic heterocycles. The molecule has 0 bridgehead atoms. The first-order valence-electron chi connectivity index (χ1n) is 45.0. The van der Waals surface area contributed by atoms with Gasteiger partial charge >= 0.3 is 0 Å². The van der Waals surface area contributed by atoms with Gasteiger partial charge in [-0.3, -0.25) is 0 Å². The summed E-state index contributed by atoms with van der Waals surface area (Å²) in [4.78, 5) is 31.7. The van der Waals surface area contributed by atoms with Crippen LogP contribution in [-0.2, 0) is 0 Å². The molecule has 0 saturated carbocycles. The third-order valence-corrected chi connectivity index (χ3v) is 26.5. The summed E-state index contributed by atoms with van der Waals surface area (Å²) >= 11 is 0. The molecule has 132 heavy (non-hydrogen) atoms. The quantitative estimate of drug-likeness (QED) is 0.113. The minimum Gasteiger partial charge on any atom is -0.247 e. The fourth-order valence-corrected chi connectivity index (χ4v) is 20.2. The maximum absolute atomic E-state index is 5.63.